The molecule has 146 valence electrons. The number of amides is 1. The fraction of sp³-hybridized carbons (Fsp3) is 0.353. The maximum atomic E-state index is 12.1. The van der Waals surface area contributed by atoms with E-state index in [4.69, 9.17) is 0 Å². The maximum absolute atomic E-state index is 12.1. The molecule has 3 N–H and O–H groups in total. The van der Waals surface area contributed by atoms with Crippen LogP contribution in [0.2, 0.25) is 0 Å². The van der Waals surface area contributed by atoms with Gasteiger partial charge in [0.1, 0.15) is 5.82 Å². The normalized spacial score (nSPS) is 11.3. The van der Waals surface area contributed by atoms with Crippen LogP contribution in [0.5, 0.6) is 0 Å². The van der Waals surface area contributed by atoms with Crippen molar-refractivity contribution >= 4 is 33.4 Å². The lowest BCUT2D eigenvalue weighted by Gasteiger charge is -2.13. The highest BCUT2D eigenvalue weighted by molar-refractivity contribution is 7.89. The lowest BCUT2D eigenvalue weighted by Crippen LogP contribution is -2.26. The second-order valence-corrected chi connectivity index (χ2v) is 8.22. The van der Waals surface area contributed by atoms with E-state index in [9.17, 15) is 13.2 Å². The molecule has 10 heteroatoms. The predicted molar refractivity (Wildman–Crippen MR) is 105 cm³/mol. The van der Waals surface area contributed by atoms with Crippen molar-refractivity contribution in [3.63, 3.8) is 0 Å². The Morgan fingerprint density at radius 1 is 1.15 bits per heavy atom. The molecular formula is C17H24N6O3S. The molecule has 0 spiro atoms. The molecule has 0 bridgehead atoms. The number of nitrogens with zero attached hydrogens (tertiary/aromatic N) is 3. The molecule has 1 aromatic carbocycles. The van der Waals surface area contributed by atoms with Crippen LogP contribution in [0.4, 0.5) is 17.5 Å². The lowest BCUT2D eigenvalue weighted by atomic mass is 10.3. The number of rotatable bonds is 8. The number of nitrogens with one attached hydrogen (secondary N) is 3. The number of aromatic nitrogens is 2. The van der Waals surface area contributed by atoms with Crippen LogP contribution >= 0.6 is 0 Å². The summed E-state index contributed by atoms with van der Waals surface area (Å²) in [5, 5.41) is 8.89. The van der Waals surface area contributed by atoms with Gasteiger partial charge in [-0.15, -0.1) is 0 Å². The summed E-state index contributed by atoms with van der Waals surface area (Å²) in [5.41, 5.74) is 1.54. The van der Waals surface area contributed by atoms with Crippen LogP contribution in [0.25, 0.3) is 0 Å². The summed E-state index contributed by atoms with van der Waals surface area (Å²) in [6.45, 7) is 4.37. The molecule has 0 aliphatic rings. The standard InChI is InChI=1S/C17H24N6O3S/c1-12-11-20-17(22-16(12)19-10-9-18-13(2)24)21-14-5-7-15(8-6-14)27(25,26)23(3)4/h5-8,11H,9-10H2,1-4H3,(H,18,24)(H2,19,20,21,22). The molecule has 2 rings (SSSR count). The zero-order chi connectivity index (χ0) is 20.0. The SMILES string of the molecule is CC(=O)NCCNc1nc(Nc2ccc(S(=O)(=O)N(C)C)cc2)ncc1C. The molecule has 1 heterocycles. The van der Waals surface area contributed by atoms with Gasteiger partial charge in [-0.25, -0.2) is 17.7 Å². The zero-order valence-electron chi connectivity index (χ0n) is 15.8. The van der Waals surface area contributed by atoms with Gasteiger partial charge >= 0.3 is 0 Å². The van der Waals surface area contributed by atoms with Crippen molar-refractivity contribution in [3.8, 4) is 0 Å². The van der Waals surface area contributed by atoms with Gasteiger partial charge in [-0.3, -0.25) is 4.79 Å². The Morgan fingerprint density at radius 2 is 1.81 bits per heavy atom. The topological polar surface area (TPSA) is 116 Å². The highest BCUT2D eigenvalue weighted by atomic mass is 32.2. The second kappa shape index (κ2) is 8.78. The number of hydrogen-bond donors (Lipinski definition) is 3. The Balaban J connectivity index is 2.07. The summed E-state index contributed by atoms with van der Waals surface area (Å²) in [5.74, 6) is 0.953. The van der Waals surface area contributed by atoms with Gasteiger partial charge < -0.3 is 16.0 Å². The first-order valence-corrected chi connectivity index (χ1v) is 9.75. The highest BCUT2D eigenvalue weighted by Gasteiger charge is 2.16. The molecule has 0 saturated heterocycles. The Labute approximate surface area is 159 Å². The smallest absolute Gasteiger partial charge is 0.242 e. The Bertz CT molecular complexity index is 897. The van der Waals surface area contributed by atoms with Crippen LogP contribution in [0.3, 0.4) is 0 Å². The minimum absolute atomic E-state index is 0.0849. The van der Waals surface area contributed by atoms with E-state index in [1.807, 2.05) is 6.92 Å². The van der Waals surface area contributed by atoms with Crippen molar-refractivity contribution in [2.75, 3.05) is 37.8 Å². The monoisotopic (exact) mass is 392 g/mol. The molecule has 2 aromatic rings. The molecule has 0 aliphatic carbocycles. The molecule has 0 fully saturated rings. The second-order valence-electron chi connectivity index (χ2n) is 6.07. The van der Waals surface area contributed by atoms with E-state index in [1.54, 1.807) is 18.3 Å². The van der Waals surface area contributed by atoms with Crippen molar-refractivity contribution in [1.29, 1.82) is 0 Å². The summed E-state index contributed by atoms with van der Waals surface area (Å²) in [4.78, 5) is 19.7. The van der Waals surface area contributed by atoms with Crippen LogP contribution in [0, 0.1) is 6.92 Å². The highest BCUT2D eigenvalue weighted by Crippen LogP contribution is 2.20. The van der Waals surface area contributed by atoms with Gasteiger partial charge in [0, 0.05) is 51.6 Å². The average molecular weight is 392 g/mol. The molecule has 1 aromatic heterocycles. The number of benzene rings is 1. The van der Waals surface area contributed by atoms with Crippen molar-refractivity contribution in [1.82, 2.24) is 19.6 Å². The maximum Gasteiger partial charge on any atom is 0.242 e. The van der Waals surface area contributed by atoms with Crippen LogP contribution < -0.4 is 16.0 Å². The third kappa shape index (κ3) is 5.63. The van der Waals surface area contributed by atoms with Crippen molar-refractivity contribution in [2.24, 2.45) is 0 Å². The number of carbonyl (C=O) groups excluding carboxylic acids is 1. The lowest BCUT2D eigenvalue weighted by molar-refractivity contribution is -0.118. The Kier molecular flexibility index (Phi) is 6.70. The minimum Gasteiger partial charge on any atom is -0.368 e. The molecule has 0 saturated carbocycles. The molecule has 27 heavy (non-hydrogen) atoms. The van der Waals surface area contributed by atoms with Crippen LogP contribution in [-0.4, -0.2) is 55.8 Å². The zero-order valence-corrected chi connectivity index (χ0v) is 16.6. The van der Waals surface area contributed by atoms with E-state index in [-0.39, 0.29) is 10.8 Å². The first-order valence-electron chi connectivity index (χ1n) is 8.31. The first kappa shape index (κ1) is 20.6. The predicted octanol–water partition coefficient (Wildman–Crippen LogP) is 1.33. The van der Waals surface area contributed by atoms with Gasteiger partial charge in [-0.1, -0.05) is 0 Å². The molecule has 0 atom stereocenters. The number of carbonyl (C=O) groups is 1. The summed E-state index contributed by atoms with van der Waals surface area (Å²) in [6, 6.07) is 6.36. The molecule has 0 aliphatic heterocycles. The summed E-state index contributed by atoms with van der Waals surface area (Å²) >= 11 is 0. The van der Waals surface area contributed by atoms with Gasteiger partial charge in [0.15, 0.2) is 0 Å². The van der Waals surface area contributed by atoms with Gasteiger partial charge in [0.25, 0.3) is 0 Å². The van der Waals surface area contributed by atoms with E-state index >= 15 is 0 Å². The van der Waals surface area contributed by atoms with Crippen LogP contribution in [0.15, 0.2) is 35.4 Å². The summed E-state index contributed by atoms with van der Waals surface area (Å²) in [6.07, 6.45) is 1.68. The van der Waals surface area contributed by atoms with Gasteiger partial charge in [-0.05, 0) is 31.2 Å². The number of hydrogen-bond acceptors (Lipinski definition) is 7. The first-order chi connectivity index (χ1) is 12.7. The fourth-order valence-electron chi connectivity index (χ4n) is 2.15. The third-order valence-corrected chi connectivity index (χ3v) is 5.48. The van der Waals surface area contributed by atoms with Crippen molar-refractivity contribution in [2.45, 2.75) is 18.7 Å². The fourth-order valence-corrected chi connectivity index (χ4v) is 3.05. The molecule has 9 nitrogen and oxygen atoms in total. The van der Waals surface area contributed by atoms with Gasteiger partial charge in [0.2, 0.25) is 21.9 Å². The van der Waals surface area contributed by atoms with Crippen LogP contribution in [0.1, 0.15) is 12.5 Å². The van der Waals surface area contributed by atoms with Crippen molar-refractivity contribution < 1.29 is 13.2 Å². The van der Waals surface area contributed by atoms with Crippen LogP contribution in [-0.2, 0) is 14.8 Å². The minimum atomic E-state index is -3.46. The Hall–Kier alpha value is -2.72. The van der Waals surface area contributed by atoms with E-state index in [2.05, 4.69) is 25.9 Å². The van der Waals surface area contributed by atoms with E-state index in [0.717, 1.165) is 9.87 Å². The summed E-state index contributed by atoms with van der Waals surface area (Å²) < 4.78 is 25.4. The van der Waals surface area contributed by atoms with E-state index in [1.165, 1.54) is 33.2 Å². The van der Waals surface area contributed by atoms with Gasteiger partial charge in [0.05, 0.1) is 4.90 Å². The van der Waals surface area contributed by atoms with E-state index < -0.39 is 10.0 Å². The molecule has 0 unspecified atom stereocenters. The number of sulfonamides is 1. The molecule has 0 radical (unpaired) electrons. The largest absolute Gasteiger partial charge is 0.368 e. The van der Waals surface area contributed by atoms with Gasteiger partial charge in [-0.2, -0.15) is 4.98 Å². The third-order valence-electron chi connectivity index (χ3n) is 3.65. The quantitative estimate of drug-likeness (QED) is 0.580. The Morgan fingerprint density at radius 3 is 2.41 bits per heavy atom. The number of anilines is 3. The van der Waals surface area contributed by atoms with E-state index in [0.29, 0.717) is 30.5 Å². The average Bonchev–Trinajstić information content (AvgIpc) is 2.61. The van der Waals surface area contributed by atoms with Crippen molar-refractivity contribution in [3.05, 3.63) is 36.0 Å². The number of aryl methyl sites for hydroxylation is 1. The molecule has 1 amide bonds. The summed E-state index contributed by atoms with van der Waals surface area (Å²) in [7, 11) is -0.487. The molecular weight excluding hydrogens is 368 g/mol.